The van der Waals surface area contributed by atoms with Gasteiger partial charge in [0.25, 0.3) is 0 Å². The zero-order valence-electron chi connectivity index (χ0n) is 6.48. The van der Waals surface area contributed by atoms with Gasteiger partial charge in [-0.1, -0.05) is 0 Å². The Morgan fingerprint density at radius 3 is 2.54 bits per heavy atom. The molecule has 0 aromatic heterocycles. The van der Waals surface area contributed by atoms with Crippen LogP contribution in [0.25, 0.3) is 0 Å². The molecule has 1 rings (SSSR count). The van der Waals surface area contributed by atoms with E-state index in [2.05, 4.69) is 0 Å². The number of rotatable bonds is 2. The van der Waals surface area contributed by atoms with Crippen molar-refractivity contribution >= 4 is 17.4 Å². The van der Waals surface area contributed by atoms with Gasteiger partial charge in [-0.25, -0.2) is 8.78 Å². The lowest BCUT2D eigenvalue weighted by Crippen LogP contribution is -2.03. The highest BCUT2D eigenvalue weighted by atomic mass is 35.5. The van der Waals surface area contributed by atoms with Gasteiger partial charge in [-0.3, -0.25) is 4.79 Å². The van der Waals surface area contributed by atoms with Gasteiger partial charge in [-0.05, 0) is 18.2 Å². The molecule has 72 valence electrons. The highest BCUT2D eigenvalue weighted by Crippen LogP contribution is 2.10. The number of alkyl halides is 1. The molecule has 0 aliphatic rings. The van der Waals surface area contributed by atoms with E-state index in [9.17, 15) is 13.6 Å². The van der Waals surface area contributed by atoms with E-state index in [-0.39, 0.29) is 16.9 Å². The molecule has 0 saturated heterocycles. The SMILES string of the molecule is O.O=C(CCl)c1cc(F)ccc1F. The van der Waals surface area contributed by atoms with E-state index in [1.807, 2.05) is 0 Å². The van der Waals surface area contributed by atoms with Crippen LogP contribution in [0, 0.1) is 11.6 Å². The average molecular weight is 209 g/mol. The van der Waals surface area contributed by atoms with Crippen LogP contribution < -0.4 is 0 Å². The van der Waals surface area contributed by atoms with Gasteiger partial charge in [0.15, 0.2) is 5.78 Å². The molecule has 1 aromatic rings. The first-order valence-corrected chi connectivity index (χ1v) is 3.73. The molecular formula is C8H7ClF2O2. The molecular weight excluding hydrogens is 202 g/mol. The van der Waals surface area contributed by atoms with E-state index in [1.54, 1.807) is 0 Å². The van der Waals surface area contributed by atoms with Gasteiger partial charge in [0, 0.05) is 0 Å². The third-order valence-electron chi connectivity index (χ3n) is 1.35. The van der Waals surface area contributed by atoms with E-state index in [0.29, 0.717) is 0 Å². The third kappa shape index (κ3) is 2.75. The third-order valence-corrected chi connectivity index (χ3v) is 1.59. The summed E-state index contributed by atoms with van der Waals surface area (Å²) in [5, 5.41) is 0. The van der Waals surface area contributed by atoms with Gasteiger partial charge in [-0.2, -0.15) is 0 Å². The fraction of sp³-hybridized carbons (Fsp3) is 0.125. The first kappa shape index (κ1) is 12.0. The van der Waals surface area contributed by atoms with Gasteiger partial charge in [0.05, 0.1) is 11.4 Å². The molecule has 0 unspecified atom stereocenters. The Balaban J connectivity index is 0.00000144. The molecule has 13 heavy (non-hydrogen) atoms. The van der Waals surface area contributed by atoms with Crippen molar-refractivity contribution in [1.82, 2.24) is 0 Å². The number of hydrogen-bond acceptors (Lipinski definition) is 1. The van der Waals surface area contributed by atoms with Gasteiger partial charge in [-0.15, -0.1) is 11.6 Å². The Morgan fingerprint density at radius 1 is 1.38 bits per heavy atom. The lowest BCUT2D eigenvalue weighted by atomic mass is 10.1. The molecule has 0 spiro atoms. The fourth-order valence-electron chi connectivity index (χ4n) is 0.783. The van der Waals surface area contributed by atoms with Gasteiger partial charge in [0.2, 0.25) is 0 Å². The van der Waals surface area contributed by atoms with Crippen LogP contribution in [0.5, 0.6) is 0 Å². The maximum Gasteiger partial charge on any atom is 0.180 e. The lowest BCUT2D eigenvalue weighted by molar-refractivity contribution is 0.101. The molecule has 0 saturated carbocycles. The number of Topliss-reactive ketones (excluding diaryl/α,β-unsaturated/α-hetero) is 1. The fourth-order valence-corrected chi connectivity index (χ4v) is 0.927. The minimum atomic E-state index is -0.748. The van der Waals surface area contributed by atoms with Crippen LogP contribution in [0.1, 0.15) is 10.4 Å². The molecule has 0 fully saturated rings. The second-order valence-electron chi connectivity index (χ2n) is 2.18. The molecule has 0 atom stereocenters. The number of benzene rings is 1. The van der Waals surface area contributed by atoms with Crippen LogP contribution in [0.3, 0.4) is 0 Å². The van der Waals surface area contributed by atoms with Crippen molar-refractivity contribution in [2.45, 2.75) is 0 Å². The summed E-state index contributed by atoms with van der Waals surface area (Å²) < 4.78 is 25.2. The smallest absolute Gasteiger partial charge is 0.180 e. The number of carbonyl (C=O) groups is 1. The first-order valence-electron chi connectivity index (χ1n) is 3.19. The molecule has 0 heterocycles. The molecule has 1 aromatic carbocycles. The average Bonchev–Trinajstić information content (AvgIpc) is 2.08. The van der Waals surface area contributed by atoms with Crippen molar-refractivity contribution in [2.75, 3.05) is 5.88 Å². The summed E-state index contributed by atoms with van der Waals surface area (Å²) in [7, 11) is 0. The van der Waals surface area contributed by atoms with E-state index >= 15 is 0 Å². The van der Waals surface area contributed by atoms with Crippen molar-refractivity contribution in [3.63, 3.8) is 0 Å². The molecule has 0 bridgehead atoms. The van der Waals surface area contributed by atoms with Crippen LogP contribution in [-0.4, -0.2) is 17.1 Å². The highest BCUT2D eigenvalue weighted by molar-refractivity contribution is 6.30. The van der Waals surface area contributed by atoms with Crippen molar-refractivity contribution in [1.29, 1.82) is 0 Å². The van der Waals surface area contributed by atoms with Crippen LogP contribution in [-0.2, 0) is 0 Å². The molecule has 2 nitrogen and oxygen atoms in total. The molecule has 5 heteroatoms. The number of halogens is 3. The zero-order chi connectivity index (χ0) is 9.14. The predicted molar refractivity (Wildman–Crippen MR) is 45.0 cm³/mol. The van der Waals surface area contributed by atoms with Gasteiger partial charge in [0.1, 0.15) is 11.6 Å². The Bertz CT molecular complexity index is 315. The quantitative estimate of drug-likeness (QED) is 0.538. The van der Waals surface area contributed by atoms with Crippen LogP contribution in [0.2, 0.25) is 0 Å². The van der Waals surface area contributed by atoms with E-state index in [4.69, 9.17) is 11.6 Å². The van der Waals surface area contributed by atoms with Gasteiger partial charge < -0.3 is 5.48 Å². The zero-order valence-corrected chi connectivity index (χ0v) is 7.24. The Labute approximate surface area is 78.4 Å². The molecule has 0 radical (unpaired) electrons. The highest BCUT2D eigenvalue weighted by Gasteiger charge is 2.10. The van der Waals surface area contributed by atoms with Crippen molar-refractivity contribution in [3.05, 3.63) is 35.4 Å². The van der Waals surface area contributed by atoms with E-state index < -0.39 is 17.4 Å². The molecule has 0 aliphatic heterocycles. The topological polar surface area (TPSA) is 48.6 Å². The second-order valence-corrected chi connectivity index (χ2v) is 2.45. The number of hydrogen-bond donors (Lipinski definition) is 0. The summed E-state index contributed by atoms with van der Waals surface area (Å²) in [5.74, 6) is -2.36. The number of ketones is 1. The second kappa shape index (κ2) is 4.89. The monoisotopic (exact) mass is 208 g/mol. The van der Waals surface area contributed by atoms with Crippen molar-refractivity contribution in [2.24, 2.45) is 0 Å². The molecule has 0 aliphatic carbocycles. The van der Waals surface area contributed by atoms with E-state index in [1.165, 1.54) is 0 Å². The maximum absolute atomic E-state index is 12.8. The van der Waals surface area contributed by atoms with Crippen LogP contribution in [0.4, 0.5) is 8.78 Å². The largest absolute Gasteiger partial charge is 0.412 e. The molecule has 2 N–H and O–H groups in total. The Morgan fingerprint density at radius 2 is 2.00 bits per heavy atom. The minimum Gasteiger partial charge on any atom is -0.412 e. The van der Waals surface area contributed by atoms with Crippen molar-refractivity contribution in [3.8, 4) is 0 Å². The van der Waals surface area contributed by atoms with E-state index in [0.717, 1.165) is 18.2 Å². The predicted octanol–water partition coefficient (Wildman–Crippen LogP) is 1.56. The Hall–Kier alpha value is -1.00. The standard InChI is InChI=1S/C8H5ClF2O.H2O/c9-4-8(12)6-3-5(10)1-2-7(6)11;/h1-3H,4H2;1H2. The summed E-state index contributed by atoms with van der Waals surface area (Å²) in [6.07, 6.45) is 0. The maximum atomic E-state index is 12.8. The Kier molecular flexibility index (Phi) is 4.51. The normalized spacial score (nSPS) is 9.15. The number of carbonyl (C=O) groups excluding carboxylic acids is 1. The summed E-state index contributed by atoms with van der Waals surface area (Å²) in [5.41, 5.74) is -0.301. The summed E-state index contributed by atoms with van der Waals surface area (Å²) >= 11 is 5.17. The summed E-state index contributed by atoms with van der Waals surface area (Å²) in [6, 6.07) is 2.68. The molecule has 0 amide bonds. The van der Waals surface area contributed by atoms with Crippen LogP contribution in [0.15, 0.2) is 18.2 Å². The van der Waals surface area contributed by atoms with Crippen molar-refractivity contribution < 1.29 is 19.1 Å². The summed E-state index contributed by atoms with van der Waals surface area (Å²) in [6.45, 7) is 0. The van der Waals surface area contributed by atoms with Crippen LogP contribution >= 0.6 is 11.6 Å². The minimum absolute atomic E-state index is 0. The lowest BCUT2D eigenvalue weighted by Gasteiger charge is -1.98. The van der Waals surface area contributed by atoms with Gasteiger partial charge >= 0.3 is 0 Å². The summed E-state index contributed by atoms with van der Waals surface area (Å²) in [4.78, 5) is 10.8. The first-order chi connectivity index (χ1) is 5.65.